The van der Waals surface area contributed by atoms with Gasteiger partial charge in [0.2, 0.25) is 0 Å². The summed E-state index contributed by atoms with van der Waals surface area (Å²) in [4.78, 5) is 0. The Balaban J connectivity index is -0.0000000971. The molecule has 0 unspecified atom stereocenters. The van der Waals surface area contributed by atoms with Gasteiger partial charge in [0.25, 0.3) is 0 Å². The van der Waals surface area contributed by atoms with Crippen LogP contribution in [0, 0.1) is 0 Å². The molecule has 0 aliphatic heterocycles. The zero-order valence-electron chi connectivity index (χ0n) is 10.8. The summed E-state index contributed by atoms with van der Waals surface area (Å²) in [5, 5.41) is 2.75. The summed E-state index contributed by atoms with van der Waals surface area (Å²) in [6.45, 7) is 4.00. The Hall–Kier alpha value is -2.08. The van der Waals surface area contributed by atoms with Crippen LogP contribution < -0.4 is 0 Å². The molecule has 0 atom stereocenters. The molecule has 3 aromatic carbocycles. The minimum absolute atomic E-state index is 0. The number of rotatable bonds is 0. The van der Waals surface area contributed by atoms with E-state index >= 15 is 0 Å². The summed E-state index contributed by atoms with van der Waals surface area (Å²) in [6.07, 6.45) is 0. The molecule has 0 heterocycles. The maximum atomic E-state index is 2.22. The summed E-state index contributed by atoms with van der Waals surface area (Å²) >= 11 is 0. The molecule has 0 bridgehead atoms. The first kappa shape index (κ1) is 39.1. The Morgan fingerprint density at radius 2 is 0.692 bits per heavy atom. The van der Waals surface area contributed by atoms with E-state index in [9.17, 15) is 0 Å². The molecule has 26 heavy (non-hydrogen) atoms. The van der Waals surface area contributed by atoms with Gasteiger partial charge in [-0.15, -0.1) is 0 Å². The maximum absolute atomic E-state index is 2.22. The fourth-order valence-corrected chi connectivity index (χ4v) is 2.74. The predicted molar refractivity (Wildman–Crippen MR) is 134 cm³/mol. The van der Waals surface area contributed by atoms with Crippen molar-refractivity contribution in [1.29, 1.82) is 0 Å². The number of benzene rings is 3. The van der Waals surface area contributed by atoms with E-state index in [1.54, 1.807) is 0 Å². The predicted octanol–water partition coefficient (Wildman–Crippen LogP) is 10.6. The molecular formula is C26H48. The van der Waals surface area contributed by atoms with Gasteiger partial charge in [-0.1, -0.05) is 134 Å². The third-order valence-electron chi connectivity index (χ3n) is 3.41. The van der Waals surface area contributed by atoms with Crippen LogP contribution in [0.5, 0.6) is 0 Å². The van der Waals surface area contributed by atoms with Gasteiger partial charge in [-0.3, -0.25) is 0 Å². The van der Waals surface area contributed by atoms with Crippen LogP contribution >= 0.6 is 0 Å². The molecule has 0 aromatic heterocycles. The topological polar surface area (TPSA) is 0 Å². The molecule has 152 valence electrons. The lowest BCUT2D eigenvalue weighted by Crippen LogP contribution is -1.73. The Bertz CT molecular complexity index is 650. The average Bonchev–Trinajstić information content (AvgIpc) is 2.79. The average molecular weight is 361 g/mol. The van der Waals surface area contributed by atoms with Crippen LogP contribution in [0.4, 0.5) is 0 Å². The van der Waals surface area contributed by atoms with Crippen LogP contribution in [-0.2, 0) is 0 Å². The van der Waals surface area contributed by atoms with Crippen molar-refractivity contribution in [2.45, 2.75) is 73.3 Å². The van der Waals surface area contributed by atoms with Crippen LogP contribution in [0.15, 0.2) is 60.7 Å². The molecule has 1 aliphatic carbocycles. The first-order valence-corrected chi connectivity index (χ1v) is 6.57. The van der Waals surface area contributed by atoms with E-state index in [-0.39, 0.29) is 59.4 Å². The zero-order chi connectivity index (χ0) is 12.5. The van der Waals surface area contributed by atoms with Gasteiger partial charge in [0.1, 0.15) is 0 Å². The molecule has 3 aromatic rings. The highest BCUT2D eigenvalue weighted by Crippen LogP contribution is 2.46. The summed E-state index contributed by atoms with van der Waals surface area (Å²) in [6, 6.07) is 21.8. The fourth-order valence-electron chi connectivity index (χ4n) is 2.74. The van der Waals surface area contributed by atoms with Gasteiger partial charge in [-0.25, -0.2) is 0 Å². The lowest BCUT2D eigenvalue weighted by molar-refractivity contribution is 1.50. The highest BCUT2D eigenvalue weighted by atomic mass is 14.2. The van der Waals surface area contributed by atoms with E-state index in [4.69, 9.17) is 0 Å². The van der Waals surface area contributed by atoms with Crippen molar-refractivity contribution >= 4 is 10.8 Å². The SMILES string of the molecule is C.C.C.C.C.C.C.C.CC.c1ccc2c(c1)-c1cccc3cccc-2c13. The second-order valence-corrected chi connectivity index (χ2v) is 4.25. The number of fused-ring (bicyclic) bond motifs is 3. The van der Waals surface area contributed by atoms with Crippen molar-refractivity contribution in [3.05, 3.63) is 60.7 Å². The van der Waals surface area contributed by atoms with E-state index in [1.165, 1.54) is 33.0 Å². The van der Waals surface area contributed by atoms with Gasteiger partial charge in [0.05, 0.1) is 0 Å². The minimum Gasteiger partial charge on any atom is -0.0776 e. The standard InChI is InChI=1S/C16H10.C2H6.8CH4/c1-2-8-13-12(7-1)14-9-3-5-11-6-4-10-15(13)16(11)14;1-2;;;;;;;;/h1-10H;1-2H3;8*1H4. The van der Waals surface area contributed by atoms with Crippen molar-refractivity contribution in [3.8, 4) is 22.3 Å². The van der Waals surface area contributed by atoms with Crippen molar-refractivity contribution in [2.75, 3.05) is 0 Å². The Labute approximate surface area is 167 Å². The van der Waals surface area contributed by atoms with Crippen LogP contribution in [0.25, 0.3) is 33.0 Å². The van der Waals surface area contributed by atoms with Gasteiger partial charge in [-0.05, 0) is 33.0 Å². The first-order chi connectivity index (χ1) is 8.95. The second-order valence-electron chi connectivity index (χ2n) is 4.25. The second kappa shape index (κ2) is 16.4. The van der Waals surface area contributed by atoms with Gasteiger partial charge in [0.15, 0.2) is 0 Å². The third kappa shape index (κ3) is 5.73. The Morgan fingerprint density at radius 3 is 1.04 bits per heavy atom. The van der Waals surface area contributed by atoms with Crippen LogP contribution in [0.3, 0.4) is 0 Å². The Kier molecular flexibility index (Phi) is 24.7. The van der Waals surface area contributed by atoms with Gasteiger partial charge < -0.3 is 0 Å². The number of hydrogen-bond donors (Lipinski definition) is 0. The van der Waals surface area contributed by atoms with Crippen LogP contribution in [0.2, 0.25) is 0 Å². The molecule has 0 amide bonds. The third-order valence-corrected chi connectivity index (χ3v) is 3.41. The molecular weight excluding hydrogens is 312 g/mol. The molecule has 0 radical (unpaired) electrons. The summed E-state index contributed by atoms with van der Waals surface area (Å²) in [5.74, 6) is 0. The fraction of sp³-hybridized carbons (Fsp3) is 0.385. The van der Waals surface area contributed by atoms with Gasteiger partial charge >= 0.3 is 0 Å². The van der Waals surface area contributed by atoms with Gasteiger partial charge in [0, 0.05) is 0 Å². The monoisotopic (exact) mass is 360 g/mol. The van der Waals surface area contributed by atoms with Gasteiger partial charge in [-0.2, -0.15) is 0 Å². The summed E-state index contributed by atoms with van der Waals surface area (Å²) in [7, 11) is 0. The molecule has 0 heteroatoms. The first-order valence-electron chi connectivity index (χ1n) is 6.57. The van der Waals surface area contributed by atoms with Crippen LogP contribution in [0.1, 0.15) is 73.3 Å². The normalized spacial score (nSPS) is 7.46. The molecule has 0 N–H and O–H groups in total. The van der Waals surface area contributed by atoms with E-state index in [1.807, 2.05) is 13.8 Å². The Morgan fingerprint density at radius 1 is 0.385 bits per heavy atom. The van der Waals surface area contributed by atoms with E-state index in [0.717, 1.165) is 0 Å². The molecule has 0 saturated heterocycles. The lowest BCUT2D eigenvalue weighted by Gasteiger charge is -2.00. The van der Waals surface area contributed by atoms with Crippen molar-refractivity contribution in [1.82, 2.24) is 0 Å². The lowest BCUT2D eigenvalue weighted by atomic mass is 10.0. The summed E-state index contributed by atoms with van der Waals surface area (Å²) < 4.78 is 0. The molecule has 1 aliphatic rings. The van der Waals surface area contributed by atoms with Crippen molar-refractivity contribution in [3.63, 3.8) is 0 Å². The smallest absolute Gasteiger partial charge is 0.00264 e. The van der Waals surface area contributed by atoms with Crippen LogP contribution in [-0.4, -0.2) is 0 Å². The largest absolute Gasteiger partial charge is 0.0776 e. The molecule has 0 nitrogen and oxygen atoms in total. The maximum Gasteiger partial charge on any atom is -0.00264 e. The summed E-state index contributed by atoms with van der Waals surface area (Å²) in [5.41, 5.74) is 5.50. The van der Waals surface area contributed by atoms with Crippen molar-refractivity contribution in [2.24, 2.45) is 0 Å². The quantitative estimate of drug-likeness (QED) is 0.292. The van der Waals surface area contributed by atoms with E-state index in [0.29, 0.717) is 0 Å². The van der Waals surface area contributed by atoms with E-state index in [2.05, 4.69) is 60.7 Å². The molecule has 0 saturated carbocycles. The van der Waals surface area contributed by atoms with Crippen molar-refractivity contribution < 1.29 is 0 Å². The zero-order valence-corrected chi connectivity index (χ0v) is 10.8. The highest BCUT2D eigenvalue weighted by molar-refractivity contribution is 6.15. The molecule has 4 rings (SSSR count). The highest BCUT2D eigenvalue weighted by Gasteiger charge is 2.19. The molecule has 0 spiro atoms. The van der Waals surface area contributed by atoms with E-state index < -0.39 is 0 Å². The minimum atomic E-state index is 0. The molecule has 0 fully saturated rings. The number of hydrogen-bond acceptors (Lipinski definition) is 0.